The van der Waals surface area contributed by atoms with Gasteiger partial charge >= 0.3 is 5.97 Å². The van der Waals surface area contributed by atoms with Gasteiger partial charge in [0, 0.05) is 6.42 Å². The zero-order valence-corrected chi connectivity index (χ0v) is 56.1. The molecule has 1 heterocycles. The van der Waals surface area contributed by atoms with Gasteiger partial charge in [-0.1, -0.05) is 324 Å². The summed E-state index contributed by atoms with van der Waals surface area (Å²) in [4.78, 5) is 26.7. The Bertz CT molecular complexity index is 1740. The third kappa shape index (κ3) is 50.2. The van der Waals surface area contributed by atoms with Crippen LogP contribution in [0.2, 0.25) is 0 Å². The number of amides is 1. The molecule has 0 saturated carbocycles. The van der Waals surface area contributed by atoms with E-state index in [9.17, 15) is 35.1 Å². The third-order valence-corrected chi connectivity index (χ3v) is 16.8. The Morgan fingerprint density at radius 3 is 1.24 bits per heavy atom. The van der Waals surface area contributed by atoms with Crippen molar-refractivity contribution in [2.45, 2.75) is 372 Å². The average Bonchev–Trinajstić information content (AvgIpc) is 2.32. The van der Waals surface area contributed by atoms with Crippen LogP contribution in [0.3, 0.4) is 0 Å². The first-order chi connectivity index (χ1) is 42.7. The van der Waals surface area contributed by atoms with Crippen LogP contribution in [0.4, 0.5) is 0 Å². The molecule has 0 aliphatic carbocycles. The molecule has 8 unspecified atom stereocenters. The van der Waals surface area contributed by atoms with E-state index in [1.54, 1.807) is 6.08 Å². The fourth-order valence-corrected chi connectivity index (χ4v) is 11.1. The number of carbonyl (C=O) groups excluding carboxylic acids is 2. The number of allylic oxidation sites excluding steroid dienone is 13. The van der Waals surface area contributed by atoms with Crippen molar-refractivity contribution in [3.05, 3.63) is 85.1 Å². The number of carbonyl (C=O) groups is 2. The molecule has 11 nitrogen and oxygen atoms in total. The van der Waals surface area contributed by atoms with Crippen LogP contribution in [-0.2, 0) is 23.8 Å². The molecule has 0 aromatic heterocycles. The molecule has 0 bridgehead atoms. The van der Waals surface area contributed by atoms with Gasteiger partial charge in [0.25, 0.3) is 0 Å². The zero-order chi connectivity index (χ0) is 63.1. The van der Waals surface area contributed by atoms with E-state index in [2.05, 4.69) is 99.0 Å². The van der Waals surface area contributed by atoms with Crippen LogP contribution in [-0.4, -0.2) is 99.6 Å². The van der Waals surface area contributed by atoms with E-state index in [0.717, 1.165) is 116 Å². The van der Waals surface area contributed by atoms with Gasteiger partial charge in [-0.15, -0.1) is 0 Å². The lowest BCUT2D eigenvalue weighted by molar-refractivity contribution is -0.305. The average molecular weight is 1220 g/mol. The topological polar surface area (TPSA) is 175 Å². The number of ether oxygens (including phenoxy) is 3. The first-order valence-electron chi connectivity index (χ1n) is 36.4. The number of rotatable bonds is 62. The number of hydrogen-bond acceptors (Lipinski definition) is 10. The summed E-state index contributed by atoms with van der Waals surface area (Å²) in [6.07, 6.45) is 73.3. The SMILES string of the molecule is CC/C=C\C/C=C\C/C=C\C/C=C\C/C=C\C/C=C\CCCCCCCCC(=O)OC1C(OCC(NC(=O)C(O)CCCCCCCCCCCCCCCCCCCCCC)C(O)/C=C/CCCCCCCCCCCCC)OC(CO)C(O)C1O. The lowest BCUT2D eigenvalue weighted by atomic mass is 9.99. The van der Waals surface area contributed by atoms with Crippen molar-refractivity contribution in [2.75, 3.05) is 13.2 Å². The lowest BCUT2D eigenvalue weighted by Crippen LogP contribution is -2.61. The fourth-order valence-electron chi connectivity index (χ4n) is 11.1. The Morgan fingerprint density at radius 1 is 0.460 bits per heavy atom. The molecule has 1 aliphatic heterocycles. The normalized spacial score (nSPS) is 18.7. The molecule has 11 heteroatoms. The highest BCUT2D eigenvalue weighted by atomic mass is 16.7. The van der Waals surface area contributed by atoms with Gasteiger partial charge in [0.05, 0.1) is 25.4 Å². The minimum Gasteiger partial charge on any atom is -0.454 e. The summed E-state index contributed by atoms with van der Waals surface area (Å²) in [6, 6.07) is -1.03. The largest absolute Gasteiger partial charge is 0.454 e. The van der Waals surface area contributed by atoms with Crippen molar-refractivity contribution in [1.82, 2.24) is 5.32 Å². The number of nitrogens with one attached hydrogen (secondary N) is 1. The molecule has 1 saturated heterocycles. The number of esters is 1. The second kappa shape index (κ2) is 63.0. The van der Waals surface area contributed by atoms with Gasteiger partial charge in [-0.3, -0.25) is 9.59 Å². The standard InChI is InChI=1S/C76H135NO10/c1-4-7-10-13-16-19-22-25-27-29-31-33-34-35-36-37-39-41-43-46-49-52-55-58-61-64-71(81)87-74-73(83)72(82)70(65-78)86-76(74)85-66-67(68(79)62-59-56-53-50-47-44-24-21-18-15-12-9-6-3)77-75(84)69(80)63-60-57-54-51-48-45-42-40-38-32-30-28-26-23-20-17-14-11-8-5-2/h7,10,16,19,25,27,31,33,35-36,39,41,59,62,67-70,72-74,76,78-80,82-83H,4-6,8-9,11-15,17-18,20-24,26,28-30,32,34,37-38,40,42-58,60-61,63-66H2,1-3H3,(H,77,84)/b10-7-,19-16-,27-25-,33-31-,36-35-,41-39-,62-59+. The molecule has 6 N–H and O–H groups in total. The van der Waals surface area contributed by atoms with E-state index < -0.39 is 67.4 Å². The van der Waals surface area contributed by atoms with Crippen molar-refractivity contribution >= 4 is 11.9 Å². The van der Waals surface area contributed by atoms with Crippen LogP contribution in [0.5, 0.6) is 0 Å². The predicted molar refractivity (Wildman–Crippen MR) is 366 cm³/mol. The molecule has 0 radical (unpaired) electrons. The number of hydrogen-bond donors (Lipinski definition) is 6. The van der Waals surface area contributed by atoms with Crippen LogP contribution in [0.25, 0.3) is 0 Å². The summed E-state index contributed by atoms with van der Waals surface area (Å²) in [5.41, 5.74) is 0. The van der Waals surface area contributed by atoms with Gasteiger partial charge in [-0.25, -0.2) is 0 Å². The van der Waals surface area contributed by atoms with Crippen molar-refractivity contribution in [2.24, 2.45) is 0 Å². The van der Waals surface area contributed by atoms with Crippen LogP contribution < -0.4 is 5.32 Å². The second-order valence-corrected chi connectivity index (χ2v) is 24.9. The summed E-state index contributed by atoms with van der Waals surface area (Å²) in [5, 5.41) is 57.3. The Morgan fingerprint density at radius 2 is 0.828 bits per heavy atom. The highest BCUT2D eigenvalue weighted by Gasteiger charge is 2.47. The highest BCUT2D eigenvalue weighted by molar-refractivity contribution is 5.80. The number of unbranched alkanes of at least 4 members (excludes halogenated alkanes) is 36. The number of aliphatic hydroxyl groups excluding tert-OH is 5. The Hall–Kier alpha value is -3.16. The smallest absolute Gasteiger partial charge is 0.306 e. The van der Waals surface area contributed by atoms with Crippen LogP contribution in [0, 0.1) is 0 Å². The molecule has 1 amide bonds. The summed E-state index contributed by atoms with van der Waals surface area (Å²) in [6.45, 7) is 5.71. The molecular formula is C76H135NO10. The van der Waals surface area contributed by atoms with E-state index >= 15 is 0 Å². The van der Waals surface area contributed by atoms with Gasteiger partial charge in [0.15, 0.2) is 12.4 Å². The third-order valence-electron chi connectivity index (χ3n) is 16.8. The minimum atomic E-state index is -1.62. The Kier molecular flexibility index (Phi) is 59.3. The van der Waals surface area contributed by atoms with Gasteiger partial charge in [0.1, 0.15) is 24.4 Å². The van der Waals surface area contributed by atoms with Gasteiger partial charge in [0.2, 0.25) is 5.91 Å². The van der Waals surface area contributed by atoms with Crippen LogP contribution >= 0.6 is 0 Å². The van der Waals surface area contributed by atoms with E-state index in [4.69, 9.17) is 14.2 Å². The molecule has 1 fully saturated rings. The molecule has 87 heavy (non-hydrogen) atoms. The van der Waals surface area contributed by atoms with Gasteiger partial charge in [-0.05, 0) is 77.0 Å². The molecule has 1 aliphatic rings. The van der Waals surface area contributed by atoms with Crippen molar-refractivity contribution in [3.8, 4) is 0 Å². The minimum absolute atomic E-state index is 0.104. The Labute approximate surface area is 533 Å². The maximum absolute atomic E-state index is 13.5. The summed E-state index contributed by atoms with van der Waals surface area (Å²) < 4.78 is 17.7. The molecule has 0 aromatic carbocycles. The predicted octanol–water partition coefficient (Wildman–Crippen LogP) is 18.8. The molecule has 1 rings (SSSR count). The summed E-state index contributed by atoms with van der Waals surface area (Å²) >= 11 is 0. The maximum Gasteiger partial charge on any atom is 0.306 e. The number of aliphatic hydroxyl groups is 5. The molecule has 8 atom stereocenters. The molecule has 0 spiro atoms. The summed E-state index contributed by atoms with van der Waals surface area (Å²) in [5.74, 6) is -1.20. The van der Waals surface area contributed by atoms with Crippen molar-refractivity contribution in [3.63, 3.8) is 0 Å². The zero-order valence-electron chi connectivity index (χ0n) is 56.1. The Balaban J connectivity index is 2.59. The summed E-state index contributed by atoms with van der Waals surface area (Å²) in [7, 11) is 0. The maximum atomic E-state index is 13.5. The lowest BCUT2D eigenvalue weighted by Gasteiger charge is -2.41. The highest BCUT2D eigenvalue weighted by Crippen LogP contribution is 2.26. The first kappa shape index (κ1) is 81.9. The quantitative estimate of drug-likeness (QED) is 0.0195. The van der Waals surface area contributed by atoms with Crippen LogP contribution in [0.1, 0.15) is 323 Å². The van der Waals surface area contributed by atoms with Crippen molar-refractivity contribution < 1.29 is 49.3 Å². The molecule has 504 valence electrons. The molecule has 0 aromatic rings. The van der Waals surface area contributed by atoms with Gasteiger partial charge in [-0.2, -0.15) is 0 Å². The fraction of sp³-hybridized carbons (Fsp3) is 0.789. The monoisotopic (exact) mass is 1220 g/mol. The van der Waals surface area contributed by atoms with E-state index in [1.165, 1.54) is 161 Å². The van der Waals surface area contributed by atoms with E-state index in [0.29, 0.717) is 19.3 Å². The van der Waals surface area contributed by atoms with E-state index in [1.807, 2.05) is 6.08 Å². The van der Waals surface area contributed by atoms with Gasteiger partial charge < -0.3 is 45.1 Å². The van der Waals surface area contributed by atoms with Crippen molar-refractivity contribution in [1.29, 1.82) is 0 Å². The van der Waals surface area contributed by atoms with Crippen LogP contribution in [0.15, 0.2) is 85.1 Å². The van der Waals surface area contributed by atoms with E-state index in [-0.39, 0.29) is 13.0 Å². The molecular weight excluding hydrogens is 1090 g/mol. The second-order valence-electron chi connectivity index (χ2n) is 24.9. The first-order valence-corrected chi connectivity index (χ1v) is 36.4.